The lowest BCUT2D eigenvalue weighted by Gasteiger charge is -2.31. The highest BCUT2D eigenvalue weighted by atomic mass is 19.1. The minimum Gasteiger partial charge on any atom is -0.479 e. The summed E-state index contributed by atoms with van der Waals surface area (Å²) >= 11 is 0. The molecule has 0 aromatic heterocycles. The van der Waals surface area contributed by atoms with Gasteiger partial charge in [-0.2, -0.15) is 0 Å². The number of carbonyl (C=O) groups is 2. The third kappa shape index (κ3) is 3.78. The maximum Gasteiger partial charge on any atom is 0.334 e. The topological polar surface area (TPSA) is 66.8 Å². The fraction of sp³-hybridized carbons (Fsp3) is 0.467. The number of hydrogen-bond donors (Lipinski definition) is 1. The number of hydrogen-bond acceptors (Lipinski definition) is 3. The van der Waals surface area contributed by atoms with Crippen molar-refractivity contribution < 1.29 is 23.8 Å². The fourth-order valence-electron chi connectivity index (χ4n) is 2.40. The minimum atomic E-state index is -1.07. The molecule has 2 atom stereocenters. The van der Waals surface area contributed by atoms with Gasteiger partial charge in [0.15, 0.2) is 6.10 Å². The van der Waals surface area contributed by atoms with Crippen LogP contribution in [0.5, 0.6) is 0 Å². The molecule has 0 unspecified atom stereocenters. The number of benzene rings is 1. The summed E-state index contributed by atoms with van der Waals surface area (Å²) < 4.78 is 18.8. The number of aliphatic carboxylic acids is 1. The molecule has 1 aliphatic heterocycles. The van der Waals surface area contributed by atoms with Gasteiger partial charge in [0.05, 0.1) is 13.2 Å². The van der Waals surface area contributed by atoms with Crippen LogP contribution in [0.25, 0.3) is 0 Å². The summed E-state index contributed by atoms with van der Waals surface area (Å²) in [5.41, 5.74) is 0.494. The minimum absolute atomic E-state index is 0.0398. The van der Waals surface area contributed by atoms with E-state index in [1.165, 1.54) is 11.0 Å². The zero-order valence-corrected chi connectivity index (χ0v) is 11.8. The van der Waals surface area contributed by atoms with Gasteiger partial charge in [0.25, 0.3) is 0 Å². The Hall–Kier alpha value is -1.95. The molecule has 0 radical (unpaired) electrons. The molecule has 1 aromatic carbocycles. The van der Waals surface area contributed by atoms with Crippen molar-refractivity contribution in [2.24, 2.45) is 0 Å². The molecule has 5 nitrogen and oxygen atoms in total. The number of carboxylic acids is 1. The van der Waals surface area contributed by atoms with Crippen molar-refractivity contribution in [2.45, 2.75) is 25.4 Å². The van der Waals surface area contributed by atoms with Crippen LogP contribution in [-0.4, -0.2) is 47.7 Å². The maximum absolute atomic E-state index is 13.7. The standard InChI is InChI=1S/C15H18FNO4/c1-10(11-4-2-3-5-12(11)16)8-14(18)17-6-7-21-13(9-17)15(19)20/h2-5,10,13H,6-9H2,1H3,(H,19,20)/t10-,13+/m0/s1. The van der Waals surface area contributed by atoms with E-state index in [-0.39, 0.29) is 37.2 Å². The van der Waals surface area contributed by atoms with E-state index in [2.05, 4.69) is 0 Å². The number of morpholine rings is 1. The van der Waals surface area contributed by atoms with Gasteiger partial charge in [-0.15, -0.1) is 0 Å². The van der Waals surface area contributed by atoms with Gasteiger partial charge in [0.1, 0.15) is 5.82 Å². The van der Waals surface area contributed by atoms with E-state index >= 15 is 0 Å². The average molecular weight is 295 g/mol. The number of amides is 1. The van der Waals surface area contributed by atoms with Crippen LogP contribution in [0.4, 0.5) is 4.39 Å². The number of carboxylic acid groups (broad SMARTS) is 1. The number of halogens is 1. The zero-order chi connectivity index (χ0) is 15.4. The summed E-state index contributed by atoms with van der Waals surface area (Å²) in [6, 6.07) is 6.36. The van der Waals surface area contributed by atoms with Gasteiger partial charge in [-0.3, -0.25) is 4.79 Å². The lowest BCUT2D eigenvalue weighted by Crippen LogP contribution is -2.48. The van der Waals surface area contributed by atoms with E-state index in [4.69, 9.17) is 9.84 Å². The van der Waals surface area contributed by atoms with E-state index in [1.54, 1.807) is 25.1 Å². The van der Waals surface area contributed by atoms with E-state index in [1.807, 2.05) is 0 Å². The third-order valence-electron chi connectivity index (χ3n) is 3.61. The van der Waals surface area contributed by atoms with Crippen LogP contribution in [0.1, 0.15) is 24.8 Å². The Bertz CT molecular complexity index is 534. The second-order valence-electron chi connectivity index (χ2n) is 5.16. The molecule has 114 valence electrons. The summed E-state index contributed by atoms with van der Waals surface area (Å²) in [4.78, 5) is 24.6. The molecule has 1 aromatic rings. The predicted molar refractivity (Wildman–Crippen MR) is 73.4 cm³/mol. The third-order valence-corrected chi connectivity index (χ3v) is 3.61. The molecule has 1 fully saturated rings. The second kappa shape index (κ2) is 6.67. The second-order valence-corrected chi connectivity index (χ2v) is 5.16. The summed E-state index contributed by atoms with van der Waals surface area (Å²) in [6.45, 7) is 2.40. The van der Waals surface area contributed by atoms with Gasteiger partial charge < -0.3 is 14.7 Å². The largest absolute Gasteiger partial charge is 0.479 e. The smallest absolute Gasteiger partial charge is 0.334 e. The van der Waals surface area contributed by atoms with Crippen molar-refractivity contribution in [3.63, 3.8) is 0 Å². The van der Waals surface area contributed by atoms with Crippen LogP contribution < -0.4 is 0 Å². The highest BCUT2D eigenvalue weighted by Crippen LogP contribution is 2.23. The van der Waals surface area contributed by atoms with Crippen molar-refractivity contribution in [2.75, 3.05) is 19.7 Å². The first-order valence-corrected chi connectivity index (χ1v) is 6.85. The number of ether oxygens (including phenoxy) is 1. The van der Waals surface area contributed by atoms with E-state index in [0.717, 1.165) is 0 Å². The molecule has 0 spiro atoms. The Labute approximate surface area is 122 Å². The normalized spacial score (nSPS) is 20.1. The monoisotopic (exact) mass is 295 g/mol. The van der Waals surface area contributed by atoms with Crippen LogP contribution in [0.3, 0.4) is 0 Å². The molecular formula is C15H18FNO4. The van der Waals surface area contributed by atoms with Crippen LogP contribution in [0.2, 0.25) is 0 Å². The van der Waals surface area contributed by atoms with E-state index in [0.29, 0.717) is 12.1 Å². The molecule has 0 saturated carbocycles. The predicted octanol–water partition coefficient (Wildman–Crippen LogP) is 1.63. The molecule has 1 N–H and O–H groups in total. The van der Waals surface area contributed by atoms with Gasteiger partial charge in [0.2, 0.25) is 5.91 Å². The van der Waals surface area contributed by atoms with Gasteiger partial charge in [-0.25, -0.2) is 9.18 Å². The van der Waals surface area contributed by atoms with Crippen molar-refractivity contribution in [1.82, 2.24) is 4.90 Å². The first-order valence-electron chi connectivity index (χ1n) is 6.85. The number of carbonyl (C=O) groups excluding carboxylic acids is 1. The Balaban J connectivity index is 1.98. The Morgan fingerprint density at radius 3 is 2.86 bits per heavy atom. The Morgan fingerprint density at radius 1 is 1.48 bits per heavy atom. The number of rotatable bonds is 4. The molecule has 0 aliphatic carbocycles. The van der Waals surface area contributed by atoms with Gasteiger partial charge in [0, 0.05) is 13.0 Å². The van der Waals surface area contributed by atoms with E-state index in [9.17, 15) is 14.0 Å². The quantitative estimate of drug-likeness (QED) is 0.917. The molecule has 2 rings (SSSR count). The highest BCUT2D eigenvalue weighted by molar-refractivity contribution is 5.79. The fourth-order valence-corrected chi connectivity index (χ4v) is 2.40. The molecule has 1 aliphatic rings. The molecular weight excluding hydrogens is 277 g/mol. The first-order chi connectivity index (χ1) is 9.99. The number of nitrogens with zero attached hydrogens (tertiary/aromatic N) is 1. The van der Waals surface area contributed by atoms with Crippen LogP contribution in [0, 0.1) is 5.82 Å². The lowest BCUT2D eigenvalue weighted by atomic mass is 9.96. The highest BCUT2D eigenvalue weighted by Gasteiger charge is 2.29. The van der Waals surface area contributed by atoms with Crippen LogP contribution in [-0.2, 0) is 14.3 Å². The van der Waals surface area contributed by atoms with Gasteiger partial charge in [-0.1, -0.05) is 25.1 Å². The lowest BCUT2D eigenvalue weighted by molar-refractivity contribution is -0.159. The Morgan fingerprint density at radius 2 is 2.19 bits per heavy atom. The Kier molecular flexibility index (Phi) is 4.90. The zero-order valence-electron chi connectivity index (χ0n) is 11.8. The van der Waals surface area contributed by atoms with Crippen molar-refractivity contribution in [3.05, 3.63) is 35.6 Å². The average Bonchev–Trinajstić information content (AvgIpc) is 2.47. The summed E-state index contributed by atoms with van der Waals surface area (Å²) in [5.74, 6) is -1.84. The summed E-state index contributed by atoms with van der Waals surface area (Å²) in [6.07, 6.45) is -0.834. The van der Waals surface area contributed by atoms with Crippen LogP contribution >= 0.6 is 0 Å². The van der Waals surface area contributed by atoms with E-state index < -0.39 is 12.1 Å². The van der Waals surface area contributed by atoms with Crippen molar-refractivity contribution in [3.8, 4) is 0 Å². The van der Waals surface area contributed by atoms with Gasteiger partial charge in [-0.05, 0) is 17.5 Å². The van der Waals surface area contributed by atoms with Gasteiger partial charge >= 0.3 is 5.97 Å². The molecule has 1 heterocycles. The summed E-state index contributed by atoms with van der Waals surface area (Å²) in [5, 5.41) is 8.92. The van der Waals surface area contributed by atoms with Crippen LogP contribution in [0.15, 0.2) is 24.3 Å². The molecule has 6 heteroatoms. The molecule has 1 saturated heterocycles. The molecule has 0 bridgehead atoms. The maximum atomic E-state index is 13.7. The SMILES string of the molecule is C[C@@H](CC(=O)N1CCO[C@@H](C(=O)O)C1)c1ccccc1F. The first kappa shape index (κ1) is 15.4. The molecule has 21 heavy (non-hydrogen) atoms. The van der Waals surface area contributed by atoms with Crippen molar-refractivity contribution in [1.29, 1.82) is 0 Å². The van der Waals surface area contributed by atoms with Crippen molar-refractivity contribution >= 4 is 11.9 Å². The summed E-state index contributed by atoms with van der Waals surface area (Å²) in [7, 11) is 0. The molecule has 1 amide bonds.